The lowest BCUT2D eigenvalue weighted by Gasteiger charge is -2.40. The zero-order valence-electron chi connectivity index (χ0n) is 83.4. The highest BCUT2D eigenvalue weighted by atomic mass is 32.2. The van der Waals surface area contributed by atoms with Crippen molar-refractivity contribution in [3.8, 4) is 0 Å². The Morgan fingerprint density at radius 1 is 0.368 bits per heavy atom. The highest BCUT2D eigenvalue weighted by Gasteiger charge is 2.72. The highest BCUT2D eigenvalue weighted by Crippen LogP contribution is 2.67. The van der Waals surface area contributed by atoms with Crippen molar-refractivity contribution in [3.05, 3.63) is 0 Å². The zero-order chi connectivity index (χ0) is 99.4. The number of nitrogens with one attached hydrogen (secondary N) is 10. The van der Waals surface area contributed by atoms with Gasteiger partial charge in [0.15, 0.2) is 19.7 Å². The van der Waals surface area contributed by atoms with Crippen molar-refractivity contribution in [1.29, 1.82) is 0 Å². The number of carbonyl (C=O) groups is 15. The predicted octanol–water partition coefficient (Wildman–Crippen LogP) is 9.18. The first kappa shape index (κ1) is 109. The number of carboxylic acid groups (broad SMARTS) is 1. The standard InChI is InChI=1S/2C37H61N5O7S.C25H40N4O4.CH2O2/c2*1-35(2,3)50(48,49)23-37(20-14-11-15-21-37)41-34(47)40-27-17-13-10-8-6-7-9-12-16-26(30(43)32(45)38-24-18-19-24)39-31(44)29-28-25(36(28,4)5)22-42(29)33(27)46;1-25(2)16-14-29-20(19(16)25)22(31)28-18(21(30)23(32)27-15-12-13-15)11-9-7-5-3-4-6-8-10-17(26)24(29)33;2-1-3/h2*24-29H,6-23H2,1-5H3,(H,38,45)(H,39,44)(H2,40,41,47);15-20H,3-14,26H2,1-2H3,(H,27,32)(H,28,31);1H,(H,2,3)/t2*25-,26-,27-,28-,29-;16-,17-,18-,19-,20-;/m000./s1. The van der Waals surface area contributed by atoms with Gasteiger partial charge in [0, 0.05) is 37.8 Å². The van der Waals surface area contributed by atoms with E-state index in [1.54, 1.807) is 56.2 Å². The zero-order valence-corrected chi connectivity index (χ0v) is 85.0. The average molecular weight is 1950 g/mol. The second-order valence-electron chi connectivity index (χ2n) is 46.3. The Morgan fingerprint density at radius 2 is 0.603 bits per heavy atom. The first-order chi connectivity index (χ1) is 64.0. The van der Waals surface area contributed by atoms with E-state index in [2.05, 4.69) is 94.7 Å². The summed E-state index contributed by atoms with van der Waals surface area (Å²) in [5.41, 5.74) is 4.03. The van der Waals surface area contributed by atoms with Crippen LogP contribution in [-0.4, -0.2) is 250 Å². The molecule has 13 amide bonds. The molecule has 0 aromatic rings. The summed E-state index contributed by atoms with van der Waals surface area (Å²) < 4.78 is 51.4. The molecule has 6 heterocycles. The van der Waals surface area contributed by atoms with Gasteiger partial charge >= 0.3 is 12.1 Å². The van der Waals surface area contributed by atoms with Crippen LogP contribution in [0, 0.1) is 51.8 Å². The second-order valence-corrected chi connectivity index (χ2v) is 51.8. The smallest absolute Gasteiger partial charge is 0.315 e. The number of Topliss-reactive ketones (excluding diaryl/α,β-unsaturated/α-hetero) is 3. The molecule has 34 nitrogen and oxygen atoms in total. The summed E-state index contributed by atoms with van der Waals surface area (Å²) in [7, 11) is -7.09. The van der Waals surface area contributed by atoms with Crippen LogP contribution in [0.3, 0.4) is 0 Å². The molecule has 136 heavy (non-hydrogen) atoms. The van der Waals surface area contributed by atoms with Crippen molar-refractivity contribution in [3.63, 3.8) is 0 Å². The maximum absolute atomic E-state index is 14.4. The van der Waals surface area contributed by atoms with E-state index in [-0.39, 0.29) is 111 Å². The minimum absolute atomic E-state index is 0.0156. The first-order valence-corrected chi connectivity index (χ1v) is 55.2. The summed E-state index contributed by atoms with van der Waals surface area (Å²) in [6.45, 7) is 23.6. The summed E-state index contributed by atoms with van der Waals surface area (Å²) in [6.07, 6.45) is 34.2. The largest absolute Gasteiger partial charge is 0.483 e. The molecule has 13 N–H and O–H groups in total. The second kappa shape index (κ2) is 45.8. The molecule has 6 saturated heterocycles. The molecule has 36 heteroatoms. The highest BCUT2D eigenvalue weighted by molar-refractivity contribution is 7.93. The molecule has 0 radical (unpaired) electrons. The molecular formula is C100H164N14O20S2. The fourth-order valence-corrected chi connectivity index (χ4v) is 26.1. The fraction of sp³-hybridized carbons (Fsp3) is 0.850. The lowest BCUT2D eigenvalue weighted by Crippen LogP contribution is -2.62. The summed E-state index contributed by atoms with van der Waals surface area (Å²) >= 11 is 0. The Kier molecular flexibility index (Phi) is 36.5. The Morgan fingerprint density at radius 3 is 0.860 bits per heavy atom. The number of hydrogen-bond acceptors (Lipinski definition) is 20. The van der Waals surface area contributed by atoms with E-state index in [1.807, 2.05) is 0 Å². The molecule has 8 aliphatic carbocycles. The van der Waals surface area contributed by atoms with Gasteiger partial charge in [-0.15, -0.1) is 0 Å². The molecular weight excluding hydrogens is 1780 g/mol. The number of urea groups is 2. The van der Waals surface area contributed by atoms with E-state index < -0.39 is 154 Å². The average Bonchev–Trinajstić information content (AvgIpc) is 1.49. The van der Waals surface area contributed by atoms with Crippen molar-refractivity contribution < 1.29 is 93.9 Å². The number of ketones is 3. The van der Waals surface area contributed by atoms with Crippen molar-refractivity contribution in [2.45, 2.75) is 452 Å². The van der Waals surface area contributed by atoms with Gasteiger partial charge in [-0.05, 0) is 196 Å². The summed E-state index contributed by atoms with van der Waals surface area (Å²) in [5, 5.41) is 35.8. The number of rotatable bonds is 17. The molecule has 14 aliphatic rings. The number of nitrogens with two attached hydrogens (primary N) is 1. The Bertz CT molecular complexity index is 4330. The van der Waals surface area contributed by atoms with E-state index in [0.717, 1.165) is 199 Å². The third kappa shape index (κ3) is 27.7. The Hall–Kier alpha value is -7.89. The van der Waals surface area contributed by atoms with E-state index >= 15 is 0 Å². The van der Waals surface area contributed by atoms with Crippen LogP contribution in [0.4, 0.5) is 9.59 Å². The predicted molar refractivity (Wildman–Crippen MR) is 514 cm³/mol. The quantitative estimate of drug-likeness (QED) is 0.0476. The number of sulfone groups is 2. The van der Waals surface area contributed by atoms with Crippen molar-refractivity contribution >= 4 is 109 Å². The van der Waals surface area contributed by atoms with Gasteiger partial charge in [0.2, 0.25) is 52.8 Å². The van der Waals surface area contributed by atoms with Crippen LogP contribution >= 0.6 is 0 Å². The molecule has 766 valence electrons. The number of nitrogens with zero attached hydrogens (tertiary/aromatic N) is 3. The van der Waals surface area contributed by atoms with E-state index in [1.165, 1.54) is 0 Å². The van der Waals surface area contributed by atoms with E-state index in [0.29, 0.717) is 96.7 Å². The number of carbonyl (C=O) groups excluding carboxylic acids is 14. The van der Waals surface area contributed by atoms with Crippen LogP contribution in [0.2, 0.25) is 0 Å². The van der Waals surface area contributed by atoms with Crippen LogP contribution in [-0.2, 0) is 82.0 Å². The number of hydrogen-bond donors (Lipinski definition) is 12. The number of amides is 13. The molecule has 6 aliphatic heterocycles. The lowest BCUT2D eigenvalue weighted by molar-refractivity contribution is -0.144. The topological polar surface area (TPSA) is 501 Å². The SMILES string of the molecule is CC1(C)[C@@H]2[C@H]3C(=O)N[C@H](C(=O)C(=O)NC4CC4)CCCCCCCCC[C@H](N)C(=O)N3C[C@@H]21.CC1(C)[C@@H]2[C@H]3C(=O)N[C@H](C(=O)C(=O)NC4CC4)CCCCCCCCC[C@H](NC(=O)NC4(CS(=O)(=O)C(C)(C)C)CCCCC4)C(=O)N3C[C@@H]21.CC1(C)[C@@H]2[C@H]3C(=O)N[C@H](C(=O)C(=O)NC4CC4)CCCCCCCCC[C@H](NC(=O)NC4(CS(=O)(=O)C(C)(C)C)CCCCC4)C(=O)N3C[C@@H]21.O=CO. The first-order valence-electron chi connectivity index (χ1n) is 51.9. The van der Waals surface area contributed by atoms with Crippen LogP contribution in [0.5, 0.6) is 0 Å². The maximum atomic E-state index is 14.4. The van der Waals surface area contributed by atoms with Crippen LogP contribution < -0.4 is 58.9 Å². The lowest BCUT2D eigenvalue weighted by atomic mass is 9.83. The van der Waals surface area contributed by atoms with Crippen molar-refractivity contribution in [2.75, 3.05) is 31.1 Å². The van der Waals surface area contributed by atoms with Gasteiger partial charge in [-0.2, -0.15) is 0 Å². The van der Waals surface area contributed by atoms with Gasteiger partial charge in [0.1, 0.15) is 30.2 Å². The van der Waals surface area contributed by atoms with E-state index in [4.69, 9.17) is 15.6 Å². The maximum Gasteiger partial charge on any atom is 0.315 e. The van der Waals surface area contributed by atoms with Gasteiger partial charge in [-0.25, -0.2) is 26.4 Å². The molecule has 0 spiro atoms. The van der Waals surface area contributed by atoms with Crippen LogP contribution in [0.1, 0.15) is 359 Å². The van der Waals surface area contributed by atoms with Crippen molar-refractivity contribution in [2.24, 2.45) is 57.5 Å². The third-order valence-corrected chi connectivity index (χ3v) is 38.4. The molecule has 0 bridgehead atoms. The molecule has 0 unspecified atom stereocenters. The van der Waals surface area contributed by atoms with Gasteiger partial charge in [0.05, 0.1) is 56.2 Å². The number of fused-ring (bicyclic) bond motifs is 9. The normalized spacial score (nSPS) is 31.2. The molecule has 0 aromatic carbocycles. The molecule has 0 aromatic heterocycles. The Balaban J connectivity index is 0.000000197. The van der Waals surface area contributed by atoms with Crippen molar-refractivity contribution in [1.82, 2.24) is 67.9 Å². The molecule has 14 fully saturated rings. The van der Waals surface area contributed by atoms with Crippen LogP contribution in [0.15, 0.2) is 0 Å². The monoisotopic (exact) mass is 1950 g/mol. The third-order valence-electron chi connectivity index (χ3n) is 32.8. The van der Waals surface area contributed by atoms with Gasteiger partial charge < -0.3 is 78.7 Å². The molecule has 15 atom stereocenters. The number of piperidine rings is 3. The minimum Gasteiger partial charge on any atom is -0.483 e. The minimum atomic E-state index is -3.54. The van der Waals surface area contributed by atoms with Gasteiger partial charge in [-0.3, -0.25) is 62.3 Å². The Labute approximate surface area is 806 Å². The summed E-state index contributed by atoms with van der Waals surface area (Å²) in [4.78, 5) is 202. The van der Waals surface area contributed by atoms with E-state index in [9.17, 15) is 84.0 Å². The van der Waals surface area contributed by atoms with Gasteiger partial charge in [-0.1, -0.05) is 215 Å². The molecule has 14 rings (SSSR count). The molecule has 8 saturated carbocycles. The summed E-state index contributed by atoms with van der Waals surface area (Å²) in [5.74, 6) is -5.88. The summed E-state index contributed by atoms with van der Waals surface area (Å²) in [6, 6.07) is -8.50. The van der Waals surface area contributed by atoms with Crippen LogP contribution in [0.25, 0.3) is 0 Å². The fourth-order valence-electron chi connectivity index (χ4n) is 23.1. The van der Waals surface area contributed by atoms with Gasteiger partial charge in [0.25, 0.3) is 24.2 Å².